The Labute approximate surface area is 203 Å². The molecule has 0 aliphatic heterocycles. The molecule has 6 rings (SSSR count). The van der Waals surface area contributed by atoms with Gasteiger partial charge in [0.05, 0.1) is 6.85 Å². The van der Waals surface area contributed by atoms with Crippen LogP contribution in [0.3, 0.4) is 0 Å². The third-order valence-electron chi connectivity index (χ3n) is 5.50. The van der Waals surface area contributed by atoms with E-state index >= 15 is 0 Å². The summed E-state index contributed by atoms with van der Waals surface area (Å²) >= 11 is 6.30. The van der Waals surface area contributed by atoms with Crippen molar-refractivity contribution in [1.82, 2.24) is 15.0 Å². The van der Waals surface area contributed by atoms with Crippen LogP contribution in [0.4, 0.5) is 0 Å². The Morgan fingerprint density at radius 3 is 1.70 bits per heavy atom. The number of hydrogen-bond acceptors (Lipinski definition) is 3. The van der Waals surface area contributed by atoms with Gasteiger partial charge in [-0.15, -0.1) is 0 Å². The van der Waals surface area contributed by atoms with Crippen LogP contribution in [0.5, 0.6) is 0 Å². The maximum atomic E-state index is 8.28. The van der Waals surface area contributed by atoms with Gasteiger partial charge >= 0.3 is 0 Å². The second kappa shape index (κ2) is 8.12. The van der Waals surface area contributed by atoms with Gasteiger partial charge in [-0.3, -0.25) is 0 Å². The molecule has 0 aliphatic carbocycles. The van der Waals surface area contributed by atoms with Gasteiger partial charge in [-0.1, -0.05) is 90.9 Å². The molecule has 4 heteroatoms. The summed E-state index contributed by atoms with van der Waals surface area (Å²) in [6.07, 6.45) is 0. The van der Waals surface area contributed by atoms with Gasteiger partial charge in [0.2, 0.25) is 5.28 Å². The molecule has 156 valence electrons. The van der Waals surface area contributed by atoms with E-state index in [0.29, 0.717) is 17.2 Å². The topological polar surface area (TPSA) is 38.7 Å². The Morgan fingerprint density at radius 2 is 1.03 bits per heavy atom. The summed E-state index contributed by atoms with van der Waals surface area (Å²) in [6, 6.07) is 23.6. The fourth-order valence-electron chi connectivity index (χ4n) is 3.87. The lowest BCUT2D eigenvalue weighted by Crippen LogP contribution is -1.97. The first-order valence-corrected chi connectivity index (χ1v) is 10.7. The lowest BCUT2D eigenvalue weighted by Gasteiger charge is -2.08. The lowest BCUT2D eigenvalue weighted by molar-refractivity contribution is 1.07. The van der Waals surface area contributed by atoms with E-state index in [0.717, 1.165) is 32.7 Å². The normalized spacial score (nSPS) is 13.3. The first kappa shape index (κ1) is 14.9. The predicted octanol–water partition coefficient (Wildman–Crippen LogP) is 7.83. The smallest absolute Gasteiger partial charge is 0.208 e. The van der Waals surface area contributed by atoms with Gasteiger partial charge in [-0.2, -0.15) is 9.97 Å². The van der Waals surface area contributed by atoms with Crippen LogP contribution in [0.25, 0.3) is 55.4 Å². The zero-order valence-corrected chi connectivity index (χ0v) is 18.0. The van der Waals surface area contributed by atoms with Gasteiger partial charge in [0.1, 0.15) is 0 Å². The van der Waals surface area contributed by atoms with Crippen LogP contribution in [0.1, 0.15) is 6.85 Å². The maximum Gasteiger partial charge on any atom is 0.226 e. The minimum absolute atomic E-state index is 0.0924. The third kappa shape index (κ3) is 3.84. The second-order valence-corrected chi connectivity index (χ2v) is 7.93. The highest BCUT2D eigenvalue weighted by atomic mass is 35.5. The average molecular weight is 449 g/mol. The molecule has 0 saturated heterocycles. The molecule has 0 fully saturated rings. The fraction of sp³-hybridized carbons (Fsp3) is 0. The number of fused-ring (bicyclic) bond motifs is 2. The molecule has 1 aromatic heterocycles. The van der Waals surface area contributed by atoms with Crippen molar-refractivity contribution in [3.8, 4) is 33.9 Å². The standard InChI is InChI=1S/C29H18ClN3/c30-29-32-27(25-14-10-20-8-4-5-9-21(20)17-25)31-28(33-29)26-15-13-23-16-22(11-12-24(23)18-26)19-6-2-1-3-7-19/h1-18H/i1D,2D,3D,6D,7D. The molecule has 0 aliphatic rings. The molecule has 0 bridgehead atoms. The van der Waals surface area contributed by atoms with Crippen LogP contribution >= 0.6 is 11.6 Å². The maximum absolute atomic E-state index is 8.28. The molecule has 1 heterocycles. The Morgan fingerprint density at radius 1 is 0.515 bits per heavy atom. The van der Waals surface area contributed by atoms with Crippen LogP contribution in [0.2, 0.25) is 5.28 Å². The van der Waals surface area contributed by atoms with Gasteiger partial charge in [0, 0.05) is 11.1 Å². The Bertz CT molecular complexity index is 1880. The Balaban J connectivity index is 1.41. The summed E-state index contributed by atoms with van der Waals surface area (Å²) in [4.78, 5) is 13.4. The molecule has 0 radical (unpaired) electrons. The van der Waals surface area contributed by atoms with Gasteiger partial charge in [0.15, 0.2) is 11.6 Å². The van der Waals surface area contributed by atoms with E-state index < -0.39 is 6.04 Å². The molecule has 3 nitrogen and oxygen atoms in total. The molecule has 33 heavy (non-hydrogen) atoms. The molecule has 0 spiro atoms. The zero-order chi connectivity index (χ0) is 26.6. The monoisotopic (exact) mass is 448 g/mol. The SMILES string of the molecule is [2H]c1c([2H])c([2H])c(-c2ccc3cc(-c4nc(Cl)nc(-c5ccc6ccccc6c5)n4)ccc3c2)c([2H])c1[2H]. The number of aromatic nitrogens is 3. The van der Waals surface area contributed by atoms with Crippen LogP contribution in [0.15, 0.2) is 109 Å². The molecule has 0 unspecified atom stereocenters. The van der Waals surface area contributed by atoms with Crippen molar-refractivity contribution in [1.29, 1.82) is 0 Å². The first-order valence-electron chi connectivity index (χ1n) is 12.8. The van der Waals surface area contributed by atoms with E-state index in [1.54, 1.807) is 6.07 Å². The first-order chi connectivity index (χ1) is 18.3. The van der Waals surface area contributed by atoms with Crippen molar-refractivity contribution in [2.45, 2.75) is 0 Å². The summed E-state index contributed by atoms with van der Waals surface area (Å²) in [7, 11) is 0. The molecular weight excluding hydrogens is 426 g/mol. The van der Waals surface area contributed by atoms with Gasteiger partial charge in [0.25, 0.3) is 0 Å². The third-order valence-corrected chi connectivity index (χ3v) is 5.67. The van der Waals surface area contributed by atoms with Crippen LogP contribution in [0, 0.1) is 0 Å². The molecule has 5 aromatic carbocycles. The van der Waals surface area contributed by atoms with E-state index in [-0.39, 0.29) is 35.0 Å². The zero-order valence-electron chi connectivity index (χ0n) is 22.2. The van der Waals surface area contributed by atoms with Crippen molar-refractivity contribution >= 4 is 33.1 Å². The minimum atomic E-state index is -0.409. The van der Waals surface area contributed by atoms with E-state index in [1.807, 2.05) is 72.8 Å². The molecule has 0 atom stereocenters. The molecule has 6 aromatic rings. The van der Waals surface area contributed by atoms with E-state index in [2.05, 4.69) is 15.0 Å². The molecule has 0 amide bonds. The summed E-state index contributed by atoms with van der Waals surface area (Å²) in [5.74, 6) is 0.909. The minimum Gasteiger partial charge on any atom is -0.208 e. The molecule has 0 N–H and O–H groups in total. The average Bonchev–Trinajstić information content (AvgIpc) is 2.94. The van der Waals surface area contributed by atoms with E-state index in [4.69, 9.17) is 18.5 Å². The van der Waals surface area contributed by atoms with Crippen molar-refractivity contribution in [2.24, 2.45) is 0 Å². The van der Waals surface area contributed by atoms with Gasteiger partial charge < -0.3 is 0 Å². The summed E-state index contributed by atoms with van der Waals surface area (Å²) in [5, 5.41) is 4.00. The van der Waals surface area contributed by atoms with E-state index in [9.17, 15) is 0 Å². The fourth-order valence-corrected chi connectivity index (χ4v) is 4.03. The highest BCUT2D eigenvalue weighted by Crippen LogP contribution is 2.29. The Hall–Kier alpha value is -4.08. The predicted molar refractivity (Wildman–Crippen MR) is 136 cm³/mol. The Kier molecular flexibility index (Phi) is 3.66. The molecular formula is C29H18ClN3. The second-order valence-electron chi connectivity index (χ2n) is 7.59. The van der Waals surface area contributed by atoms with Crippen molar-refractivity contribution in [3.63, 3.8) is 0 Å². The van der Waals surface area contributed by atoms with Crippen LogP contribution < -0.4 is 0 Å². The number of halogens is 1. The lowest BCUT2D eigenvalue weighted by atomic mass is 10.00. The van der Waals surface area contributed by atoms with Gasteiger partial charge in [-0.05, 0) is 62.5 Å². The number of hydrogen-bond donors (Lipinski definition) is 0. The number of nitrogens with zero attached hydrogens (tertiary/aromatic N) is 3. The van der Waals surface area contributed by atoms with Crippen LogP contribution in [-0.4, -0.2) is 15.0 Å². The van der Waals surface area contributed by atoms with Crippen LogP contribution in [-0.2, 0) is 0 Å². The van der Waals surface area contributed by atoms with Crippen molar-refractivity contribution in [2.75, 3.05) is 0 Å². The van der Waals surface area contributed by atoms with Crippen molar-refractivity contribution < 1.29 is 6.85 Å². The van der Waals surface area contributed by atoms with Gasteiger partial charge in [-0.25, -0.2) is 4.98 Å². The highest BCUT2D eigenvalue weighted by Gasteiger charge is 2.11. The van der Waals surface area contributed by atoms with Crippen molar-refractivity contribution in [3.05, 3.63) is 114 Å². The summed E-state index contributed by atoms with van der Waals surface area (Å²) in [5.41, 5.74) is 2.30. The van der Waals surface area contributed by atoms with E-state index in [1.165, 1.54) is 0 Å². The highest BCUT2D eigenvalue weighted by molar-refractivity contribution is 6.28. The number of benzene rings is 5. The summed E-state index contributed by atoms with van der Waals surface area (Å²) < 4.78 is 40.3. The molecule has 0 saturated carbocycles. The quantitative estimate of drug-likeness (QED) is 0.277. The number of rotatable bonds is 3. The largest absolute Gasteiger partial charge is 0.226 e. The summed E-state index contributed by atoms with van der Waals surface area (Å²) in [6.45, 7) is 0.